The van der Waals surface area contributed by atoms with Crippen LogP contribution in [0.2, 0.25) is 0 Å². The first-order valence-corrected chi connectivity index (χ1v) is 4.78. The zero-order valence-electron chi connectivity index (χ0n) is 8.51. The SMILES string of the molecule is O=C(O)Cc1c(C(F)(F)F)[nH]c2ccccc12. The summed E-state index contributed by atoms with van der Waals surface area (Å²) >= 11 is 0. The van der Waals surface area contributed by atoms with Gasteiger partial charge >= 0.3 is 12.1 Å². The van der Waals surface area contributed by atoms with Crippen LogP contribution in [0.4, 0.5) is 13.2 Å². The molecule has 0 atom stereocenters. The summed E-state index contributed by atoms with van der Waals surface area (Å²) < 4.78 is 38.1. The second kappa shape index (κ2) is 3.80. The van der Waals surface area contributed by atoms with Crippen molar-refractivity contribution in [2.45, 2.75) is 12.6 Å². The molecular formula is C11H8F3NO2. The first kappa shape index (κ1) is 11.5. The standard InChI is InChI=1S/C11H8F3NO2/c12-11(13,14)10-7(5-9(16)17)6-3-1-2-4-8(6)15-10/h1-4,15H,5H2,(H,16,17). The normalized spacial score (nSPS) is 11.9. The number of aliphatic carboxylic acids is 1. The predicted molar refractivity (Wildman–Crippen MR) is 54.6 cm³/mol. The molecule has 6 heteroatoms. The summed E-state index contributed by atoms with van der Waals surface area (Å²) in [5, 5.41) is 8.95. The summed E-state index contributed by atoms with van der Waals surface area (Å²) in [6.07, 6.45) is -5.23. The molecule has 17 heavy (non-hydrogen) atoms. The van der Waals surface area contributed by atoms with Gasteiger partial charge in [-0.05, 0) is 6.07 Å². The fraction of sp³-hybridized carbons (Fsp3) is 0.182. The summed E-state index contributed by atoms with van der Waals surface area (Å²) in [5.41, 5.74) is -0.919. The van der Waals surface area contributed by atoms with Crippen LogP contribution in [0.25, 0.3) is 10.9 Å². The van der Waals surface area contributed by atoms with Gasteiger partial charge < -0.3 is 10.1 Å². The van der Waals surface area contributed by atoms with E-state index in [9.17, 15) is 18.0 Å². The number of carboxylic acids is 1. The summed E-state index contributed by atoms with van der Waals surface area (Å²) in [6.45, 7) is 0. The van der Waals surface area contributed by atoms with E-state index in [1.54, 1.807) is 12.1 Å². The summed E-state index contributed by atoms with van der Waals surface area (Å²) in [4.78, 5) is 12.8. The van der Waals surface area contributed by atoms with Gasteiger partial charge in [0.2, 0.25) is 0 Å². The predicted octanol–water partition coefficient (Wildman–Crippen LogP) is 2.81. The minimum atomic E-state index is -4.58. The van der Waals surface area contributed by atoms with E-state index in [2.05, 4.69) is 4.98 Å². The van der Waals surface area contributed by atoms with Gasteiger partial charge in [-0.25, -0.2) is 0 Å². The van der Waals surface area contributed by atoms with E-state index in [1.807, 2.05) is 0 Å². The average molecular weight is 243 g/mol. The van der Waals surface area contributed by atoms with Crippen molar-refractivity contribution >= 4 is 16.9 Å². The van der Waals surface area contributed by atoms with Gasteiger partial charge in [0.25, 0.3) is 0 Å². The molecule has 1 aromatic carbocycles. The van der Waals surface area contributed by atoms with Crippen molar-refractivity contribution in [3.8, 4) is 0 Å². The zero-order valence-corrected chi connectivity index (χ0v) is 8.51. The number of nitrogens with one attached hydrogen (secondary N) is 1. The molecule has 0 spiro atoms. The van der Waals surface area contributed by atoms with Gasteiger partial charge in [0.05, 0.1) is 6.42 Å². The Kier molecular flexibility index (Phi) is 2.57. The minimum absolute atomic E-state index is 0.222. The van der Waals surface area contributed by atoms with E-state index in [4.69, 9.17) is 5.11 Å². The first-order valence-electron chi connectivity index (χ1n) is 4.78. The van der Waals surface area contributed by atoms with Crippen molar-refractivity contribution in [1.29, 1.82) is 0 Å². The number of halogens is 3. The molecule has 0 fully saturated rings. The number of aromatic amines is 1. The van der Waals surface area contributed by atoms with Gasteiger partial charge in [0.15, 0.2) is 0 Å². The number of carbonyl (C=O) groups is 1. The third-order valence-electron chi connectivity index (χ3n) is 2.43. The molecule has 0 saturated heterocycles. The Balaban J connectivity index is 2.69. The highest BCUT2D eigenvalue weighted by Crippen LogP contribution is 2.35. The number of hydrogen-bond acceptors (Lipinski definition) is 1. The molecule has 0 bridgehead atoms. The fourth-order valence-corrected chi connectivity index (χ4v) is 1.78. The van der Waals surface area contributed by atoms with E-state index in [0.717, 1.165) is 0 Å². The largest absolute Gasteiger partial charge is 0.481 e. The van der Waals surface area contributed by atoms with Crippen LogP contribution < -0.4 is 0 Å². The van der Waals surface area contributed by atoms with Crippen molar-refractivity contribution in [3.05, 3.63) is 35.5 Å². The van der Waals surface area contributed by atoms with Crippen molar-refractivity contribution < 1.29 is 23.1 Å². The van der Waals surface area contributed by atoms with Crippen molar-refractivity contribution in [3.63, 3.8) is 0 Å². The molecule has 3 nitrogen and oxygen atoms in total. The molecule has 0 radical (unpaired) electrons. The lowest BCUT2D eigenvalue weighted by atomic mass is 10.1. The number of alkyl halides is 3. The Labute approximate surface area is 93.9 Å². The maximum Gasteiger partial charge on any atom is 0.431 e. The van der Waals surface area contributed by atoms with Crippen LogP contribution in [-0.4, -0.2) is 16.1 Å². The van der Waals surface area contributed by atoms with Crippen molar-refractivity contribution in [1.82, 2.24) is 4.98 Å². The Hall–Kier alpha value is -1.98. The number of fused-ring (bicyclic) bond motifs is 1. The van der Waals surface area contributed by atoms with Crippen LogP contribution in [0.15, 0.2) is 24.3 Å². The molecule has 2 N–H and O–H groups in total. The van der Waals surface area contributed by atoms with Crippen LogP contribution in [0.1, 0.15) is 11.3 Å². The summed E-state index contributed by atoms with van der Waals surface area (Å²) in [6, 6.07) is 6.11. The van der Waals surface area contributed by atoms with E-state index >= 15 is 0 Å². The second-order valence-corrected chi connectivity index (χ2v) is 3.59. The number of H-pyrrole nitrogens is 1. The number of aromatic nitrogens is 1. The highest BCUT2D eigenvalue weighted by molar-refractivity contribution is 5.88. The highest BCUT2D eigenvalue weighted by Gasteiger charge is 2.36. The molecule has 2 rings (SSSR count). The average Bonchev–Trinajstić information content (AvgIpc) is 2.56. The number of hydrogen-bond donors (Lipinski definition) is 2. The Morgan fingerprint density at radius 3 is 2.53 bits per heavy atom. The van der Waals surface area contributed by atoms with E-state index < -0.39 is 24.3 Å². The monoisotopic (exact) mass is 243 g/mol. The Morgan fingerprint density at radius 2 is 1.94 bits per heavy atom. The first-order chi connectivity index (χ1) is 7.89. The molecule has 0 aliphatic rings. The van der Waals surface area contributed by atoms with Crippen molar-refractivity contribution in [2.75, 3.05) is 0 Å². The zero-order chi connectivity index (χ0) is 12.6. The van der Waals surface area contributed by atoms with Crippen LogP contribution in [0.5, 0.6) is 0 Å². The summed E-state index contributed by atoms with van der Waals surface area (Å²) in [7, 11) is 0. The molecule has 0 saturated carbocycles. The van der Waals surface area contributed by atoms with E-state index in [-0.39, 0.29) is 11.1 Å². The highest BCUT2D eigenvalue weighted by atomic mass is 19.4. The lowest BCUT2D eigenvalue weighted by molar-refractivity contribution is -0.142. The second-order valence-electron chi connectivity index (χ2n) is 3.59. The minimum Gasteiger partial charge on any atom is -0.481 e. The number of rotatable bonds is 2. The lowest BCUT2D eigenvalue weighted by Gasteiger charge is -2.06. The molecule has 0 aliphatic heterocycles. The Bertz CT molecular complexity index is 572. The van der Waals surface area contributed by atoms with E-state index in [1.165, 1.54) is 12.1 Å². The van der Waals surface area contributed by atoms with E-state index in [0.29, 0.717) is 5.39 Å². The van der Waals surface area contributed by atoms with Crippen LogP contribution in [0.3, 0.4) is 0 Å². The fourth-order valence-electron chi connectivity index (χ4n) is 1.78. The van der Waals surface area contributed by atoms with Crippen LogP contribution >= 0.6 is 0 Å². The molecule has 1 aromatic heterocycles. The van der Waals surface area contributed by atoms with Gasteiger partial charge in [0, 0.05) is 16.5 Å². The lowest BCUT2D eigenvalue weighted by Crippen LogP contribution is -2.11. The molecular weight excluding hydrogens is 235 g/mol. The molecule has 0 aliphatic carbocycles. The maximum atomic E-state index is 12.7. The van der Waals surface area contributed by atoms with Crippen LogP contribution in [0, 0.1) is 0 Å². The Morgan fingerprint density at radius 1 is 1.29 bits per heavy atom. The molecule has 2 aromatic rings. The maximum absolute atomic E-state index is 12.7. The molecule has 90 valence electrons. The topological polar surface area (TPSA) is 53.1 Å². The number of carboxylic acid groups (broad SMARTS) is 1. The van der Waals surface area contributed by atoms with Gasteiger partial charge in [-0.2, -0.15) is 13.2 Å². The number of benzene rings is 1. The summed E-state index contributed by atoms with van der Waals surface area (Å²) in [5.74, 6) is -1.29. The van der Waals surface area contributed by atoms with Gasteiger partial charge in [-0.3, -0.25) is 4.79 Å². The number of para-hydroxylation sites is 1. The third kappa shape index (κ3) is 2.11. The van der Waals surface area contributed by atoms with Gasteiger partial charge in [-0.1, -0.05) is 18.2 Å². The van der Waals surface area contributed by atoms with Crippen molar-refractivity contribution in [2.24, 2.45) is 0 Å². The molecule has 0 unspecified atom stereocenters. The van der Waals surface area contributed by atoms with Crippen LogP contribution in [-0.2, 0) is 17.4 Å². The van der Waals surface area contributed by atoms with Gasteiger partial charge in [0.1, 0.15) is 5.69 Å². The van der Waals surface area contributed by atoms with Gasteiger partial charge in [-0.15, -0.1) is 0 Å². The third-order valence-corrected chi connectivity index (χ3v) is 2.43. The smallest absolute Gasteiger partial charge is 0.431 e. The quantitative estimate of drug-likeness (QED) is 0.852. The molecule has 0 amide bonds. The molecule has 1 heterocycles.